The molecule has 1 unspecified atom stereocenters. The smallest absolute Gasteiger partial charge is 0.127 e. The van der Waals surface area contributed by atoms with Crippen LogP contribution in [-0.2, 0) is 0 Å². The molecule has 23 heavy (non-hydrogen) atoms. The minimum absolute atomic E-state index is 0.171. The Morgan fingerprint density at radius 2 is 1.78 bits per heavy atom. The summed E-state index contributed by atoms with van der Waals surface area (Å²) in [5.41, 5.74) is 1.98. The molecule has 1 spiro atoms. The van der Waals surface area contributed by atoms with Gasteiger partial charge in [-0.05, 0) is 56.1 Å². The zero-order valence-electron chi connectivity index (χ0n) is 13.0. The number of benzene rings is 2. The van der Waals surface area contributed by atoms with Gasteiger partial charge in [-0.2, -0.15) is 0 Å². The van der Waals surface area contributed by atoms with Gasteiger partial charge < -0.3 is 20.3 Å². The third-order valence-corrected chi connectivity index (χ3v) is 5.06. The second-order valence-electron chi connectivity index (χ2n) is 6.61. The van der Waals surface area contributed by atoms with Crippen LogP contribution in [-0.4, -0.2) is 28.9 Å². The highest BCUT2D eigenvalue weighted by molar-refractivity contribution is 5.49. The van der Waals surface area contributed by atoms with Crippen LogP contribution in [0.3, 0.4) is 0 Å². The summed E-state index contributed by atoms with van der Waals surface area (Å²) < 4.78 is 6.36. The average molecular weight is 311 g/mol. The number of hydrogen-bond donors (Lipinski definition) is 3. The molecule has 0 radical (unpaired) electrons. The molecule has 2 aliphatic rings. The topological polar surface area (TPSA) is 61.7 Å². The van der Waals surface area contributed by atoms with Crippen molar-refractivity contribution in [1.29, 1.82) is 0 Å². The monoisotopic (exact) mass is 311 g/mol. The van der Waals surface area contributed by atoms with Crippen molar-refractivity contribution in [1.82, 2.24) is 5.32 Å². The van der Waals surface area contributed by atoms with E-state index in [4.69, 9.17) is 4.74 Å². The lowest BCUT2D eigenvalue weighted by molar-refractivity contribution is 0.0112. The first-order valence-electron chi connectivity index (χ1n) is 8.17. The standard InChI is InChI=1S/C19H21NO3/c21-14-3-1-2-13(10-14)17-12-19(6-8-20-9-7-19)23-18-11-15(22)4-5-16(17)18/h1-5,10-11,17,20-22H,6-9,12H2. The lowest BCUT2D eigenvalue weighted by atomic mass is 9.75. The lowest BCUT2D eigenvalue weighted by Crippen LogP contribution is -2.49. The fourth-order valence-electron chi connectivity index (χ4n) is 3.88. The highest BCUT2D eigenvalue weighted by atomic mass is 16.5. The number of nitrogens with one attached hydrogen (secondary N) is 1. The summed E-state index contributed by atoms with van der Waals surface area (Å²) >= 11 is 0. The molecule has 1 fully saturated rings. The molecule has 4 rings (SSSR count). The molecule has 1 saturated heterocycles. The third kappa shape index (κ3) is 2.63. The van der Waals surface area contributed by atoms with E-state index < -0.39 is 0 Å². The van der Waals surface area contributed by atoms with Crippen molar-refractivity contribution < 1.29 is 14.9 Å². The highest BCUT2D eigenvalue weighted by Gasteiger charge is 2.42. The second kappa shape index (κ2) is 5.46. The molecule has 4 nitrogen and oxygen atoms in total. The van der Waals surface area contributed by atoms with Gasteiger partial charge in [-0.15, -0.1) is 0 Å². The Kier molecular flexibility index (Phi) is 3.42. The number of ether oxygens (including phenoxy) is 1. The fourth-order valence-corrected chi connectivity index (χ4v) is 3.88. The van der Waals surface area contributed by atoms with Gasteiger partial charge in [0.05, 0.1) is 0 Å². The van der Waals surface area contributed by atoms with Crippen molar-refractivity contribution in [3.63, 3.8) is 0 Å². The van der Waals surface area contributed by atoms with Crippen molar-refractivity contribution in [2.45, 2.75) is 30.8 Å². The summed E-state index contributed by atoms with van der Waals surface area (Å²) in [4.78, 5) is 0. The van der Waals surface area contributed by atoms with Crippen LogP contribution in [0.2, 0.25) is 0 Å². The van der Waals surface area contributed by atoms with Gasteiger partial charge in [0.25, 0.3) is 0 Å². The number of hydrogen-bond acceptors (Lipinski definition) is 4. The van der Waals surface area contributed by atoms with Gasteiger partial charge in [-0.3, -0.25) is 0 Å². The van der Waals surface area contributed by atoms with Crippen LogP contribution in [0.4, 0.5) is 0 Å². The molecule has 0 saturated carbocycles. The maximum absolute atomic E-state index is 9.86. The van der Waals surface area contributed by atoms with Crippen LogP contribution < -0.4 is 10.1 Å². The van der Waals surface area contributed by atoms with Crippen LogP contribution in [0.1, 0.15) is 36.3 Å². The Morgan fingerprint density at radius 3 is 2.57 bits per heavy atom. The largest absolute Gasteiger partial charge is 0.508 e. The van der Waals surface area contributed by atoms with E-state index in [0.717, 1.165) is 49.2 Å². The summed E-state index contributed by atoms with van der Waals surface area (Å²) in [6.07, 6.45) is 2.81. The minimum Gasteiger partial charge on any atom is -0.508 e. The fraction of sp³-hybridized carbons (Fsp3) is 0.368. The van der Waals surface area contributed by atoms with E-state index in [1.807, 2.05) is 18.2 Å². The molecule has 2 aliphatic heterocycles. The van der Waals surface area contributed by atoms with E-state index in [1.54, 1.807) is 18.2 Å². The highest BCUT2D eigenvalue weighted by Crippen LogP contribution is 2.48. The van der Waals surface area contributed by atoms with E-state index in [0.29, 0.717) is 0 Å². The first kappa shape index (κ1) is 14.4. The summed E-state index contributed by atoms with van der Waals surface area (Å²) in [6.45, 7) is 1.89. The Labute approximate surface area is 135 Å². The van der Waals surface area contributed by atoms with Gasteiger partial charge >= 0.3 is 0 Å². The molecule has 2 aromatic carbocycles. The summed E-state index contributed by atoms with van der Waals surface area (Å²) in [5.74, 6) is 1.45. The summed E-state index contributed by atoms with van der Waals surface area (Å²) in [7, 11) is 0. The molecule has 120 valence electrons. The van der Waals surface area contributed by atoms with Crippen molar-refractivity contribution in [3.05, 3.63) is 53.6 Å². The van der Waals surface area contributed by atoms with E-state index >= 15 is 0 Å². The first-order chi connectivity index (χ1) is 11.2. The second-order valence-corrected chi connectivity index (χ2v) is 6.61. The molecule has 2 aromatic rings. The van der Waals surface area contributed by atoms with Gasteiger partial charge in [-0.1, -0.05) is 18.2 Å². The summed E-state index contributed by atoms with van der Waals surface area (Å²) in [5, 5.41) is 23.1. The Hall–Kier alpha value is -2.20. The van der Waals surface area contributed by atoms with Crippen LogP contribution in [0.25, 0.3) is 0 Å². The zero-order chi connectivity index (χ0) is 15.9. The molecule has 0 aliphatic carbocycles. The minimum atomic E-state index is -0.192. The maximum atomic E-state index is 9.86. The van der Waals surface area contributed by atoms with E-state index in [9.17, 15) is 10.2 Å². The van der Waals surface area contributed by atoms with Gasteiger partial charge in [-0.25, -0.2) is 0 Å². The third-order valence-electron chi connectivity index (χ3n) is 5.06. The first-order valence-corrected chi connectivity index (χ1v) is 8.17. The van der Waals surface area contributed by atoms with Gasteiger partial charge in [0.1, 0.15) is 22.8 Å². The quantitative estimate of drug-likeness (QED) is 0.757. The van der Waals surface area contributed by atoms with Gasteiger partial charge in [0.2, 0.25) is 0 Å². The van der Waals surface area contributed by atoms with E-state index in [-0.39, 0.29) is 23.0 Å². The van der Waals surface area contributed by atoms with Gasteiger partial charge in [0, 0.05) is 17.5 Å². The summed E-state index contributed by atoms with van der Waals surface area (Å²) in [6, 6.07) is 12.8. The van der Waals surface area contributed by atoms with Crippen molar-refractivity contribution in [3.8, 4) is 17.2 Å². The number of rotatable bonds is 1. The normalized spacial score (nSPS) is 22.3. The molecule has 0 aromatic heterocycles. The molecular formula is C19H21NO3. The van der Waals surface area contributed by atoms with Crippen molar-refractivity contribution >= 4 is 0 Å². The molecular weight excluding hydrogens is 290 g/mol. The van der Waals surface area contributed by atoms with E-state index in [1.165, 1.54) is 0 Å². The van der Waals surface area contributed by atoms with Crippen molar-refractivity contribution in [2.24, 2.45) is 0 Å². The van der Waals surface area contributed by atoms with Crippen LogP contribution >= 0.6 is 0 Å². The SMILES string of the molecule is Oc1cccc(C2CC3(CCNCC3)Oc3cc(O)ccc32)c1. The number of fused-ring (bicyclic) bond motifs is 1. The molecule has 3 N–H and O–H groups in total. The predicted octanol–water partition coefficient (Wildman–Crippen LogP) is 3.13. The number of phenolic OH excluding ortho intramolecular Hbond substituents is 2. The van der Waals surface area contributed by atoms with E-state index in [2.05, 4.69) is 11.4 Å². The number of piperidine rings is 1. The Bertz CT molecular complexity index is 722. The molecule has 2 heterocycles. The van der Waals surface area contributed by atoms with Crippen LogP contribution in [0.5, 0.6) is 17.2 Å². The number of aromatic hydroxyl groups is 2. The van der Waals surface area contributed by atoms with Gasteiger partial charge in [0.15, 0.2) is 0 Å². The Morgan fingerprint density at radius 1 is 1.00 bits per heavy atom. The van der Waals surface area contributed by atoms with Crippen LogP contribution in [0, 0.1) is 0 Å². The molecule has 1 atom stereocenters. The predicted molar refractivity (Wildman–Crippen MR) is 88.1 cm³/mol. The van der Waals surface area contributed by atoms with Crippen molar-refractivity contribution in [2.75, 3.05) is 13.1 Å². The molecule has 4 heteroatoms. The average Bonchev–Trinajstić information content (AvgIpc) is 2.54. The molecule has 0 bridgehead atoms. The lowest BCUT2D eigenvalue weighted by Gasteiger charge is -2.45. The zero-order valence-corrected chi connectivity index (χ0v) is 13.0. The number of phenols is 2. The molecule has 0 amide bonds. The Balaban J connectivity index is 1.80. The van der Waals surface area contributed by atoms with Crippen LogP contribution in [0.15, 0.2) is 42.5 Å². The maximum Gasteiger partial charge on any atom is 0.127 e.